The Hall–Kier alpha value is -4.41. The van der Waals surface area contributed by atoms with E-state index in [2.05, 4.69) is 25.7 Å². The molecule has 222 valence electrons. The zero-order valence-electron chi connectivity index (χ0n) is 24.0. The summed E-state index contributed by atoms with van der Waals surface area (Å²) in [7, 11) is 1.92. The number of fused-ring (bicyclic) bond motifs is 1. The van der Waals surface area contributed by atoms with Gasteiger partial charge >= 0.3 is 0 Å². The number of halogens is 1. The molecular weight excluding hydrogens is 563 g/mol. The number of aromatic nitrogens is 1. The average molecular weight is 599 g/mol. The molecule has 1 aliphatic heterocycles. The number of nitrogens with zero attached hydrogens (tertiary/aromatic N) is 1. The topological polar surface area (TPSA) is 121 Å². The minimum Gasteiger partial charge on any atom is -0.383 e. The van der Waals surface area contributed by atoms with Crippen LogP contribution in [0.1, 0.15) is 41.6 Å². The second-order valence-electron chi connectivity index (χ2n) is 10.4. The largest absolute Gasteiger partial charge is 0.383 e. The Balaban J connectivity index is 1.23. The van der Waals surface area contributed by atoms with Gasteiger partial charge in [-0.2, -0.15) is 0 Å². The lowest BCUT2D eigenvalue weighted by molar-refractivity contribution is -0.116. The van der Waals surface area contributed by atoms with Gasteiger partial charge in [-0.1, -0.05) is 30.7 Å². The number of carbonyl (C=O) groups excluding carboxylic acids is 2. The van der Waals surface area contributed by atoms with Gasteiger partial charge in [-0.05, 0) is 98.4 Å². The number of hydrogen-bond acceptors (Lipinski definition) is 7. The zero-order valence-corrected chi connectivity index (χ0v) is 24.8. The number of nitrogens with two attached hydrogens (primary N) is 1. The Bertz CT molecular complexity index is 1630. The molecule has 0 bridgehead atoms. The highest BCUT2D eigenvalue weighted by molar-refractivity contribution is 8.00. The Morgan fingerprint density at radius 1 is 0.977 bits per heavy atom. The summed E-state index contributed by atoms with van der Waals surface area (Å²) in [5.41, 5.74) is 11.9. The van der Waals surface area contributed by atoms with Gasteiger partial charge in [0.15, 0.2) is 0 Å². The number of unbranched alkanes of at least 4 members (excludes halogenated alkanes) is 2. The van der Waals surface area contributed by atoms with Gasteiger partial charge in [-0.15, -0.1) is 0 Å². The first kappa shape index (κ1) is 30.1. The van der Waals surface area contributed by atoms with Crippen LogP contribution in [-0.4, -0.2) is 36.9 Å². The van der Waals surface area contributed by atoms with E-state index in [1.54, 1.807) is 18.3 Å². The van der Waals surface area contributed by atoms with Crippen LogP contribution in [0.3, 0.4) is 0 Å². The van der Waals surface area contributed by atoms with Gasteiger partial charge in [0, 0.05) is 57.7 Å². The summed E-state index contributed by atoms with van der Waals surface area (Å²) >= 11 is 1.28. The van der Waals surface area contributed by atoms with Gasteiger partial charge in [0.1, 0.15) is 11.6 Å². The molecule has 8 nitrogen and oxygen atoms in total. The first-order valence-electron chi connectivity index (χ1n) is 14.4. The molecule has 4 aromatic rings. The molecule has 0 saturated heterocycles. The van der Waals surface area contributed by atoms with Crippen LogP contribution < -0.4 is 26.4 Å². The van der Waals surface area contributed by atoms with E-state index in [-0.39, 0.29) is 17.6 Å². The van der Waals surface area contributed by atoms with E-state index in [1.165, 1.54) is 18.0 Å². The van der Waals surface area contributed by atoms with Crippen molar-refractivity contribution in [2.24, 2.45) is 0 Å². The van der Waals surface area contributed by atoms with E-state index in [9.17, 15) is 9.59 Å². The molecule has 3 aromatic carbocycles. The van der Waals surface area contributed by atoms with Crippen LogP contribution in [0.25, 0.3) is 22.3 Å². The maximum atomic E-state index is 15.3. The lowest BCUT2D eigenvalue weighted by atomic mass is 9.94. The Morgan fingerprint density at radius 3 is 2.65 bits per heavy atom. The average Bonchev–Trinajstić information content (AvgIpc) is 3.00. The SMILES string of the molecule is CNCCCCCC(=O)Nc1cccc(NSc2ccc(-c3cnc(N)c(-c4ccc5c(c4)CCNC5=O)c3)c(F)c2)c1. The predicted octanol–water partition coefficient (Wildman–Crippen LogP) is 6.26. The molecule has 6 N–H and O–H groups in total. The van der Waals surface area contributed by atoms with Gasteiger partial charge in [0.25, 0.3) is 5.91 Å². The van der Waals surface area contributed by atoms with Crippen molar-refractivity contribution < 1.29 is 14.0 Å². The Labute approximate surface area is 255 Å². The van der Waals surface area contributed by atoms with Crippen LogP contribution >= 0.6 is 11.9 Å². The molecule has 2 heterocycles. The van der Waals surface area contributed by atoms with Crippen LogP contribution in [0.4, 0.5) is 21.6 Å². The van der Waals surface area contributed by atoms with Crippen molar-refractivity contribution in [1.29, 1.82) is 0 Å². The third-order valence-corrected chi connectivity index (χ3v) is 8.10. The fraction of sp³-hybridized carbons (Fsp3) is 0.242. The van der Waals surface area contributed by atoms with E-state index in [1.807, 2.05) is 55.6 Å². The molecule has 1 aromatic heterocycles. The Morgan fingerprint density at radius 2 is 1.81 bits per heavy atom. The normalized spacial score (nSPS) is 12.4. The maximum Gasteiger partial charge on any atom is 0.251 e. The van der Waals surface area contributed by atoms with Crippen LogP contribution in [0, 0.1) is 5.82 Å². The van der Waals surface area contributed by atoms with E-state index in [0.29, 0.717) is 51.6 Å². The molecule has 10 heteroatoms. The first-order chi connectivity index (χ1) is 20.9. The number of benzene rings is 3. The summed E-state index contributed by atoms with van der Waals surface area (Å²) in [6.07, 6.45) is 5.70. The molecule has 0 radical (unpaired) electrons. The van der Waals surface area contributed by atoms with Crippen LogP contribution in [0.2, 0.25) is 0 Å². The molecule has 0 saturated carbocycles. The summed E-state index contributed by atoms with van der Waals surface area (Å²) in [6, 6.07) is 19.9. The van der Waals surface area contributed by atoms with Crippen LogP contribution in [0.15, 0.2) is 77.8 Å². The second kappa shape index (κ2) is 14.2. The highest BCUT2D eigenvalue weighted by atomic mass is 32.2. The zero-order chi connectivity index (χ0) is 30.2. The van der Waals surface area contributed by atoms with Gasteiger partial charge in [-0.3, -0.25) is 9.59 Å². The number of anilines is 3. The minimum absolute atomic E-state index is 0.00809. The lowest BCUT2D eigenvalue weighted by Crippen LogP contribution is -2.31. The summed E-state index contributed by atoms with van der Waals surface area (Å²) < 4.78 is 18.6. The predicted molar refractivity (Wildman–Crippen MR) is 172 cm³/mol. The minimum atomic E-state index is -0.387. The third kappa shape index (κ3) is 7.71. The van der Waals surface area contributed by atoms with Gasteiger partial charge in [0.2, 0.25) is 5.91 Å². The molecule has 0 unspecified atom stereocenters. The number of hydrogen-bond donors (Lipinski definition) is 5. The molecule has 0 atom stereocenters. The highest BCUT2D eigenvalue weighted by Crippen LogP contribution is 2.34. The van der Waals surface area contributed by atoms with Gasteiger partial charge in [-0.25, -0.2) is 9.37 Å². The molecule has 0 aliphatic carbocycles. The molecule has 5 rings (SSSR count). The van der Waals surface area contributed by atoms with Crippen molar-refractivity contribution in [2.75, 3.05) is 35.9 Å². The van der Waals surface area contributed by atoms with Crippen molar-refractivity contribution in [3.05, 3.63) is 89.9 Å². The Kier molecular flexibility index (Phi) is 9.91. The monoisotopic (exact) mass is 598 g/mol. The van der Waals surface area contributed by atoms with Crippen molar-refractivity contribution in [3.63, 3.8) is 0 Å². The van der Waals surface area contributed by atoms with Crippen molar-refractivity contribution in [2.45, 2.75) is 37.0 Å². The fourth-order valence-corrected chi connectivity index (χ4v) is 5.67. The molecular formula is C33H35FN6O2S. The number of amides is 2. The first-order valence-corrected chi connectivity index (χ1v) is 15.2. The number of nitrogens with one attached hydrogen (secondary N) is 4. The van der Waals surface area contributed by atoms with Crippen LogP contribution in [-0.2, 0) is 11.2 Å². The number of nitrogen functional groups attached to an aromatic ring is 1. The van der Waals surface area contributed by atoms with Crippen molar-refractivity contribution >= 4 is 41.0 Å². The summed E-state index contributed by atoms with van der Waals surface area (Å²) in [4.78, 5) is 29.4. The molecule has 1 aliphatic rings. The molecule has 2 amide bonds. The van der Waals surface area contributed by atoms with E-state index < -0.39 is 0 Å². The van der Waals surface area contributed by atoms with Crippen molar-refractivity contribution in [3.8, 4) is 22.3 Å². The van der Waals surface area contributed by atoms with Crippen LogP contribution in [0.5, 0.6) is 0 Å². The van der Waals surface area contributed by atoms with E-state index in [4.69, 9.17) is 5.73 Å². The smallest absolute Gasteiger partial charge is 0.251 e. The molecule has 43 heavy (non-hydrogen) atoms. The molecule has 0 spiro atoms. The van der Waals surface area contributed by atoms with Gasteiger partial charge < -0.3 is 26.4 Å². The number of pyridine rings is 1. The third-order valence-electron chi connectivity index (χ3n) is 7.27. The fourth-order valence-electron chi connectivity index (χ4n) is 5.01. The van der Waals surface area contributed by atoms with E-state index in [0.717, 1.165) is 49.0 Å². The molecule has 0 fully saturated rings. The standard InChI is InChI=1S/C33H35FN6O2S/c1-36-14-4-2-3-8-31(41)39-24-6-5-7-25(18-24)40-43-26-10-12-27(30(34)19-26)23-17-29(32(35)38-20-23)21-9-11-28-22(16-21)13-15-37-33(28)42/h5-7,9-12,16-20,36,40H,2-4,8,13-15H2,1H3,(H2,35,38)(H,37,42)(H,39,41). The number of carbonyl (C=O) groups is 2. The summed E-state index contributed by atoms with van der Waals surface area (Å²) in [6.45, 7) is 1.55. The lowest BCUT2D eigenvalue weighted by Gasteiger charge is -2.18. The summed E-state index contributed by atoms with van der Waals surface area (Å²) in [5.74, 6) is -0.138. The second-order valence-corrected chi connectivity index (χ2v) is 11.3. The number of rotatable bonds is 12. The summed E-state index contributed by atoms with van der Waals surface area (Å²) in [5, 5.41) is 8.91. The highest BCUT2D eigenvalue weighted by Gasteiger charge is 2.18. The van der Waals surface area contributed by atoms with Crippen molar-refractivity contribution in [1.82, 2.24) is 15.6 Å². The van der Waals surface area contributed by atoms with Gasteiger partial charge in [0.05, 0.1) is 0 Å². The quantitative estimate of drug-likeness (QED) is 0.0964. The maximum absolute atomic E-state index is 15.3. The van der Waals surface area contributed by atoms with E-state index >= 15 is 4.39 Å².